The summed E-state index contributed by atoms with van der Waals surface area (Å²) in [5, 5.41) is 6.33. The lowest BCUT2D eigenvalue weighted by molar-refractivity contribution is -0.122. The Morgan fingerprint density at radius 2 is 1.92 bits per heavy atom. The fourth-order valence-corrected chi connectivity index (χ4v) is 4.07. The van der Waals surface area contributed by atoms with Crippen molar-refractivity contribution in [3.63, 3.8) is 0 Å². The van der Waals surface area contributed by atoms with E-state index in [0.29, 0.717) is 0 Å². The van der Waals surface area contributed by atoms with E-state index in [9.17, 15) is 4.79 Å². The van der Waals surface area contributed by atoms with Crippen LogP contribution in [0.1, 0.15) is 44.1 Å². The Morgan fingerprint density at radius 1 is 1.12 bits per heavy atom. The number of piperidine rings is 1. The number of benzene rings is 1. The molecule has 2 fully saturated rings. The van der Waals surface area contributed by atoms with Crippen LogP contribution in [0.2, 0.25) is 0 Å². The Balaban J connectivity index is 1.23. The molecule has 2 N–H and O–H groups in total. The van der Waals surface area contributed by atoms with Gasteiger partial charge in [0.2, 0.25) is 5.91 Å². The van der Waals surface area contributed by atoms with Crippen LogP contribution in [0.25, 0.3) is 0 Å². The molecule has 25 heavy (non-hydrogen) atoms. The maximum atomic E-state index is 11.9. The summed E-state index contributed by atoms with van der Waals surface area (Å²) in [6.45, 7) is 5.45. The number of rotatable bonds is 8. The second-order valence-electron chi connectivity index (χ2n) is 7.62. The molecular weight excluding hydrogens is 310 g/mol. The van der Waals surface area contributed by atoms with Crippen molar-refractivity contribution in [1.29, 1.82) is 0 Å². The van der Waals surface area contributed by atoms with Gasteiger partial charge in [0.25, 0.3) is 0 Å². The van der Waals surface area contributed by atoms with Gasteiger partial charge in [0.1, 0.15) is 0 Å². The fraction of sp³-hybridized carbons (Fsp3) is 0.667. The van der Waals surface area contributed by atoms with Gasteiger partial charge in [-0.2, -0.15) is 0 Å². The van der Waals surface area contributed by atoms with Crippen LogP contribution in [0.15, 0.2) is 30.3 Å². The summed E-state index contributed by atoms with van der Waals surface area (Å²) in [4.78, 5) is 14.5. The van der Waals surface area contributed by atoms with Crippen molar-refractivity contribution in [1.82, 2.24) is 15.5 Å². The SMILES string of the molecule is O=C(NCCCCN1CCC(Cc2ccccc2)CC1)[C@@H]1CCCN1. The number of likely N-dealkylation sites (tertiary alicyclic amines) is 1. The topological polar surface area (TPSA) is 44.4 Å². The van der Waals surface area contributed by atoms with Crippen molar-refractivity contribution in [2.75, 3.05) is 32.7 Å². The second-order valence-corrected chi connectivity index (χ2v) is 7.62. The molecular formula is C21H33N3O. The Morgan fingerprint density at radius 3 is 2.64 bits per heavy atom. The van der Waals surface area contributed by atoms with E-state index in [2.05, 4.69) is 45.9 Å². The zero-order valence-electron chi connectivity index (χ0n) is 15.4. The Hall–Kier alpha value is -1.39. The quantitative estimate of drug-likeness (QED) is 0.713. The minimum absolute atomic E-state index is 0.0589. The molecule has 1 amide bonds. The van der Waals surface area contributed by atoms with Gasteiger partial charge in [-0.25, -0.2) is 0 Å². The highest BCUT2D eigenvalue weighted by Gasteiger charge is 2.21. The van der Waals surface area contributed by atoms with Gasteiger partial charge in [-0.3, -0.25) is 4.79 Å². The zero-order chi connectivity index (χ0) is 17.3. The van der Waals surface area contributed by atoms with Crippen LogP contribution < -0.4 is 10.6 Å². The lowest BCUT2D eigenvalue weighted by Crippen LogP contribution is -2.41. The van der Waals surface area contributed by atoms with E-state index in [-0.39, 0.29) is 11.9 Å². The van der Waals surface area contributed by atoms with Crippen LogP contribution in [0.3, 0.4) is 0 Å². The molecule has 0 bridgehead atoms. The first kappa shape index (κ1) is 18.4. The lowest BCUT2D eigenvalue weighted by atomic mass is 9.90. The molecule has 1 aromatic rings. The maximum absolute atomic E-state index is 11.9. The molecule has 138 valence electrons. The first-order chi connectivity index (χ1) is 12.3. The van der Waals surface area contributed by atoms with Crippen LogP contribution in [0, 0.1) is 5.92 Å². The monoisotopic (exact) mass is 343 g/mol. The highest BCUT2D eigenvalue weighted by Crippen LogP contribution is 2.21. The van der Waals surface area contributed by atoms with E-state index in [1.165, 1.54) is 50.9 Å². The summed E-state index contributed by atoms with van der Waals surface area (Å²) >= 11 is 0. The van der Waals surface area contributed by atoms with Crippen LogP contribution in [-0.2, 0) is 11.2 Å². The zero-order valence-corrected chi connectivity index (χ0v) is 15.4. The molecule has 0 aliphatic carbocycles. The van der Waals surface area contributed by atoms with Gasteiger partial charge in [0.05, 0.1) is 6.04 Å². The largest absolute Gasteiger partial charge is 0.355 e. The van der Waals surface area contributed by atoms with Gasteiger partial charge in [0, 0.05) is 6.54 Å². The predicted octanol–water partition coefficient (Wildman–Crippen LogP) is 2.59. The average Bonchev–Trinajstić information content (AvgIpc) is 3.18. The first-order valence-electron chi connectivity index (χ1n) is 10.1. The number of carbonyl (C=O) groups excluding carboxylic acids is 1. The minimum Gasteiger partial charge on any atom is -0.355 e. The molecule has 4 nitrogen and oxygen atoms in total. The average molecular weight is 344 g/mol. The number of unbranched alkanes of at least 4 members (excludes halogenated alkanes) is 1. The van der Waals surface area contributed by atoms with Crippen LogP contribution in [0.4, 0.5) is 0 Å². The van der Waals surface area contributed by atoms with Crippen molar-refractivity contribution in [3.05, 3.63) is 35.9 Å². The maximum Gasteiger partial charge on any atom is 0.237 e. The van der Waals surface area contributed by atoms with Gasteiger partial charge in [-0.15, -0.1) is 0 Å². The van der Waals surface area contributed by atoms with Crippen molar-refractivity contribution < 1.29 is 4.79 Å². The van der Waals surface area contributed by atoms with Gasteiger partial charge in [-0.05, 0) is 82.6 Å². The second kappa shape index (κ2) is 9.93. The molecule has 0 aromatic heterocycles. The molecule has 0 saturated carbocycles. The van der Waals surface area contributed by atoms with E-state index in [1.54, 1.807) is 0 Å². The van der Waals surface area contributed by atoms with E-state index >= 15 is 0 Å². The van der Waals surface area contributed by atoms with Gasteiger partial charge in [-0.1, -0.05) is 30.3 Å². The number of nitrogens with zero attached hydrogens (tertiary/aromatic N) is 1. The molecule has 2 saturated heterocycles. The molecule has 2 aliphatic rings. The van der Waals surface area contributed by atoms with Crippen LogP contribution in [-0.4, -0.2) is 49.6 Å². The number of carbonyl (C=O) groups is 1. The third kappa shape index (κ3) is 6.12. The number of hydrogen-bond acceptors (Lipinski definition) is 3. The Kier molecular flexibility index (Phi) is 7.31. The van der Waals surface area contributed by atoms with E-state index in [1.807, 2.05) is 0 Å². The van der Waals surface area contributed by atoms with Crippen LogP contribution in [0.5, 0.6) is 0 Å². The Bertz CT molecular complexity index is 505. The predicted molar refractivity (Wildman–Crippen MR) is 103 cm³/mol. The van der Waals surface area contributed by atoms with Gasteiger partial charge in [0.15, 0.2) is 0 Å². The van der Waals surface area contributed by atoms with Crippen molar-refractivity contribution in [2.24, 2.45) is 5.92 Å². The third-order valence-electron chi connectivity index (χ3n) is 5.65. The van der Waals surface area contributed by atoms with Crippen molar-refractivity contribution >= 4 is 5.91 Å². The van der Waals surface area contributed by atoms with E-state index < -0.39 is 0 Å². The van der Waals surface area contributed by atoms with E-state index in [4.69, 9.17) is 0 Å². The molecule has 4 heteroatoms. The molecule has 2 heterocycles. The lowest BCUT2D eigenvalue weighted by Gasteiger charge is -2.32. The molecule has 1 aromatic carbocycles. The highest BCUT2D eigenvalue weighted by atomic mass is 16.2. The molecule has 3 rings (SSSR count). The summed E-state index contributed by atoms with van der Waals surface area (Å²) in [5.41, 5.74) is 1.48. The van der Waals surface area contributed by atoms with Gasteiger partial charge < -0.3 is 15.5 Å². The Labute approximate surface area is 152 Å². The molecule has 2 aliphatic heterocycles. The smallest absolute Gasteiger partial charge is 0.237 e. The highest BCUT2D eigenvalue weighted by molar-refractivity contribution is 5.81. The third-order valence-corrected chi connectivity index (χ3v) is 5.65. The summed E-state index contributed by atoms with van der Waals surface area (Å²) in [6, 6.07) is 10.9. The molecule has 1 atom stereocenters. The number of hydrogen-bond donors (Lipinski definition) is 2. The molecule has 0 unspecified atom stereocenters. The number of nitrogens with one attached hydrogen (secondary N) is 2. The summed E-state index contributed by atoms with van der Waals surface area (Å²) in [5.74, 6) is 1.04. The summed E-state index contributed by atoms with van der Waals surface area (Å²) in [7, 11) is 0. The molecule has 0 spiro atoms. The van der Waals surface area contributed by atoms with E-state index in [0.717, 1.165) is 38.3 Å². The first-order valence-corrected chi connectivity index (χ1v) is 10.1. The summed E-state index contributed by atoms with van der Waals surface area (Å²) < 4.78 is 0. The molecule has 0 radical (unpaired) electrons. The standard InChI is InChI=1S/C21H33N3O/c25-21(20-9-6-13-22-20)23-12-4-5-14-24-15-10-19(11-16-24)17-18-7-2-1-3-8-18/h1-3,7-8,19-20,22H,4-6,9-17H2,(H,23,25)/t20-/m0/s1. The van der Waals surface area contributed by atoms with Crippen molar-refractivity contribution in [2.45, 2.75) is 51.0 Å². The van der Waals surface area contributed by atoms with Gasteiger partial charge >= 0.3 is 0 Å². The normalized spacial score (nSPS) is 22.2. The summed E-state index contributed by atoms with van der Waals surface area (Å²) in [6.07, 6.45) is 8.25. The minimum atomic E-state index is 0.0589. The number of amides is 1. The van der Waals surface area contributed by atoms with Crippen molar-refractivity contribution in [3.8, 4) is 0 Å². The fourth-order valence-electron chi connectivity index (χ4n) is 4.07. The van der Waals surface area contributed by atoms with Crippen LogP contribution >= 0.6 is 0 Å².